The third-order valence-corrected chi connectivity index (χ3v) is 6.49. The van der Waals surface area contributed by atoms with Gasteiger partial charge in [-0.2, -0.15) is 0 Å². The topological polar surface area (TPSA) is 94.2 Å². The fourth-order valence-electron chi connectivity index (χ4n) is 4.30. The third kappa shape index (κ3) is 6.68. The summed E-state index contributed by atoms with van der Waals surface area (Å²) in [5, 5.41) is 5.84. The molecule has 0 unspecified atom stereocenters. The zero-order valence-corrected chi connectivity index (χ0v) is 21.0. The van der Waals surface area contributed by atoms with Crippen molar-refractivity contribution < 1.29 is 19.1 Å². The number of carbonyl (C=O) groups is 3. The van der Waals surface area contributed by atoms with E-state index in [-0.39, 0.29) is 30.3 Å². The summed E-state index contributed by atoms with van der Waals surface area (Å²) in [7, 11) is 1.61. The van der Waals surface area contributed by atoms with Crippen molar-refractivity contribution in [3.63, 3.8) is 0 Å². The first-order valence-corrected chi connectivity index (χ1v) is 12.6. The Bertz CT molecular complexity index is 1040. The van der Waals surface area contributed by atoms with Crippen LogP contribution in [0.4, 0.5) is 21.9 Å². The van der Waals surface area contributed by atoms with E-state index in [9.17, 15) is 14.4 Å². The molecule has 0 radical (unpaired) electrons. The van der Waals surface area contributed by atoms with Crippen molar-refractivity contribution in [1.29, 1.82) is 0 Å². The lowest BCUT2D eigenvalue weighted by Crippen LogP contribution is -2.50. The molecule has 2 aromatic rings. The molecule has 36 heavy (non-hydrogen) atoms. The average Bonchev–Trinajstić information content (AvgIpc) is 3.75. The molecule has 2 aliphatic rings. The van der Waals surface area contributed by atoms with E-state index >= 15 is 0 Å². The highest BCUT2D eigenvalue weighted by atomic mass is 16.5. The van der Waals surface area contributed by atoms with Crippen LogP contribution in [0.3, 0.4) is 0 Å². The molecule has 4 rings (SSSR count). The van der Waals surface area contributed by atoms with Gasteiger partial charge in [0.25, 0.3) is 0 Å². The van der Waals surface area contributed by atoms with Gasteiger partial charge in [0.05, 0.1) is 13.7 Å². The summed E-state index contributed by atoms with van der Waals surface area (Å²) >= 11 is 0. The lowest BCUT2D eigenvalue weighted by molar-refractivity contribution is -0.135. The Morgan fingerprint density at radius 2 is 1.53 bits per heavy atom. The average molecular weight is 494 g/mol. The fraction of sp³-hybridized carbons (Fsp3) is 0.444. The number of rotatable bonds is 9. The zero-order valence-electron chi connectivity index (χ0n) is 21.0. The second-order valence-electron chi connectivity index (χ2n) is 9.26. The van der Waals surface area contributed by atoms with Gasteiger partial charge in [-0.1, -0.05) is 6.92 Å². The van der Waals surface area contributed by atoms with E-state index in [1.807, 2.05) is 55.5 Å². The Morgan fingerprint density at radius 3 is 2.11 bits per heavy atom. The van der Waals surface area contributed by atoms with Crippen LogP contribution in [0.5, 0.6) is 5.75 Å². The maximum Gasteiger partial charge on any atom is 0.321 e. The minimum Gasteiger partial charge on any atom is -0.497 e. The van der Waals surface area contributed by atoms with Crippen molar-refractivity contribution in [3.05, 3.63) is 48.5 Å². The molecule has 0 atom stereocenters. The summed E-state index contributed by atoms with van der Waals surface area (Å²) in [6.45, 7) is 5.37. The lowest BCUT2D eigenvalue weighted by atomic mass is 10.2. The summed E-state index contributed by atoms with van der Waals surface area (Å²) in [4.78, 5) is 43.2. The molecule has 1 saturated carbocycles. The molecule has 0 spiro atoms. The predicted molar refractivity (Wildman–Crippen MR) is 140 cm³/mol. The van der Waals surface area contributed by atoms with Crippen LogP contribution in [0.1, 0.15) is 26.2 Å². The Morgan fingerprint density at radius 1 is 0.917 bits per heavy atom. The normalized spacial score (nSPS) is 15.3. The van der Waals surface area contributed by atoms with Gasteiger partial charge in [0, 0.05) is 55.7 Å². The van der Waals surface area contributed by atoms with Gasteiger partial charge < -0.3 is 30.1 Å². The van der Waals surface area contributed by atoms with E-state index in [1.54, 1.807) is 16.9 Å². The number of amides is 4. The number of nitrogens with one attached hydrogen (secondary N) is 2. The number of ether oxygens (including phenoxy) is 1. The molecular formula is C27H35N5O4. The molecule has 0 bridgehead atoms. The van der Waals surface area contributed by atoms with Gasteiger partial charge in [0.1, 0.15) is 5.75 Å². The van der Waals surface area contributed by atoms with Crippen molar-refractivity contribution in [2.45, 2.75) is 26.2 Å². The van der Waals surface area contributed by atoms with Crippen LogP contribution in [-0.2, 0) is 9.59 Å². The van der Waals surface area contributed by atoms with E-state index in [0.717, 1.165) is 49.5 Å². The SMILES string of the molecule is CCCN(CC(=O)Nc1ccc(N2CCN(C(=O)Nc3ccc(OC)cc3)CC2)cc1)C(=O)C1CC1. The lowest BCUT2D eigenvalue weighted by Gasteiger charge is -2.36. The Kier molecular flexibility index (Phi) is 8.30. The van der Waals surface area contributed by atoms with E-state index in [4.69, 9.17) is 4.74 Å². The predicted octanol–water partition coefficient (Wildman–Crippen LogP) is 3.64. The first-order chi connectivity index (χ1) is 17.5. The zero-order chi connectivity index (χ0) is 25.5. The summed E-state index contributed by atoms with van der Waals surface area (Å²) < 4.78 is 5.15. The summed E-state index contributed by atoms with van der Waals surface area (Å²) in [5.74, 6) is 0.771. The van der Waals surface area contributed by atoms with Crippen molar-refractivity contribution in [1.82, 2.24) is 9.80 Å². The Hall–Kier alpha value is -3.75. The monoisotopic (exact) mass is 493 g/mol. The highest BCUT2D eigenvalue weighted by Gasteiger charge is 2.33. The number of hydrogen-bond acceptors (Lipinski definition) is 5. The number of urea groups is 1. The Balaban J connectivity index is 1.23. The molecule has 2 N–H and O–H groups in total. The van der Waals surface area contributed by atoms with Crippen LogP contribution < -0.4 is 20.3 Å². The van der Waals surface area contributed by atoms with E-state index in [1.165, 1.54) is 0 Å². The molecule has 9 heteroatoms. The van der Waals surface area contributed by atoms with Crippen LogP contribution in [0.15, 0.2) is 48.5 Å². The molecule has 2 aromatic carbocycles. The maximum atomic E-state index is 12.6. The van der Waals surface area contributed by atoms with Crippen molar-refractivity contribution in [2.24, 2.45) is 5.92 Å². The van der Waals surface area contributed by atoms with Crippen molar-refractivity contribution in [2.75, 3.05) is 61.9 Å². The van der Waals surface area contributed by atoms with Crippen molar-refractivity contribution >= 4 is 34.9 Å². The number of anilines is 3. The first kappa shape index (κ1) is 25.3. The molecule has 1 saturated heterocycles. The molecule has 4 amide bonds. The van der Waals surface area contributed by atoms with Gasteiger partial charge >= 0.3 is 6.03 Å². The first-order valence-electron chi connectivity index (χ1n) is 12.6. The number of nitrogens with zero attached hydrogens (tertiary/aromatic N) is 3. The van der Waals surface area contributed by atoms with Crippen LogP contribution >= 0.6 is 0 Å². The highest BCUT2D eigenvalue weighted by molar-refractivity contribution is 5.95. The van der Waals surface area contributed by atoms with Gasteiger partial charge in [0.2, 0.25) is 11.8 Å². The van der Waals surface area contributed by atoms with E-state index < -0.39 is 0 Å². The van der Waals surface area contributed by atoms with Gasteiger partial charge in [-0.25, -0.2) is 4.79 Å². The number of benzene rings is 2. The number of methoxy groups -OCH3 is 1. The van der Waals surface area contributed by atoms with E-state index in [0.29, 0.717) is 25.3 Å². The minimum absolute atomic E-state index is 0.0888. The van der Waals surface area contributed by atoms with Gasteiger partial charge in [0.15, 0.2) is 0 Å². The molecule has 192 valence electrons. The molecule has 9 nitrogen and oxygen atoms in total. The molecule has 1 aliphatic carbocycles. The maximum absolute atomic E-state index is 12.6. The van der Waals surface area contributed by atoms with Gasteiger partial charge in [-0.15, -0.1) is 0 Å². The Labute approximate surface area is 212 Å². The summed E-state index contributed by atoms with van der Waals surface area (Å²) in [6.07, 6.45) is 2.70. The largest absolute Gasteiger partial charge is 0.497 e. The minimum atomic E-state index is -0.179. The standard InChI is InChI=1S/C27H35N5O4/c1-3-14-32(26(34)20-4-5-20)19-25(33)28-21-6-10-23(11-7-21)30-15-17-31(18-16-30)27(35)29-22-8-12-24(36-2)13-9-22/h6-13,20H,3-5,14-19H2,1-2H3,(H,28,33)(H,29,35). The smallest absolute Gasteiger partial charge is 0.321 e. The third-order valence-electron chi connectivity index (χ3n) is 6.49. The summed E-state index contributed by atoms with van der Waals surface area (Å²) in [5.41, 5.74) is 2.48. The van der Waals surface area contributed by atoms with E-state index in [2.05, 4.69) is 15.5 Å². The van der Waals surface area contributed by atoms with Crippen LogP contribution in [0, 0.1) is 5.92 Å². The number of carbonyl (C=O) groups excluding carboxylic acids is 3. The quantitative estimate of drug-likeness (QED) is 0.556. The second-order valence-corrected chi connectivity index (χ2v) is 9.26. The van der Waals surface area contributed by atoms with Crippen LogP contribution in [0.25, 0.3) is 0 Å². The van der Waals surface area contributed by atoms with Gasteiger partial charge in [-0.05, 0) is 67.8 Å². The molecule has 0 aromatic heterocycles. The molecule has 1 heterocycles. The van der Waals surface area contributed by atoms with Crippen LogP contribution in [-0.4, -0.2) is 74.0 Å². The highest BCUT2D eigenvalue weighted by Crippen LogP contribution is 2.31. The second kappa shape index (κ2) is 11.8. The molecular weight excluding hydrogens is 458 g/mol. The molecule has 1 aliphatic heterocycles. The number of hydrogen-bond donors (Lipinski definition) is 2. The molecule has 2 fully saturated rings. The van der Waals surface area contributed by atoms with Crippen molar-refractivity contribution in [3.8, 4) is 5.75 Å². The van der Waals surface area contributed by atoms with Crippen LogP contribution in [0.2, 0.25) is 0 Å². The number of piperazine rings is 1. The summed E-state index contributed by atoms with van der Waals surface area (Å²) in [6, 6.07) is 14.9. The fourth-order valence-corrected chi connectivity index (χ4v) is 4.30. The van der Waals surface area contributed by atoms with Gasteiger partial charge in [-0.3, -0.25) is 9.59 Å².